The number of allylic oxidation sites excluding steroid dienone is 2. The first-order valence-electron chi connectivity index (χ1n) is 4.56. The first kappa shape index (κ1) is 7.17. The molecule has 0 aromatic carbocycles. The lowest BCUT2D eigenvalue weighted by molar-refractivity contribution is -0.0823. The van der Waals surface area contributed by atoms with Crippen LogP contribution in [-0.4, -0.2) is 18.2 Å². The number of hydrogen-bond acceptors (Lipinski definition) is 2. The monoisotopic (exact) mass is 153 g/mol. The summed E-state index contributed by atoms with van der Waals surface area (Å²) in [6.07, 6.45) is 8.68. The second-order valence-electron chi connectivity index (χ2n) is 3.23. The fourth-order valence-corrected chi connectivity index (χ4v) is 1.72. The normalized spacial score (nSPS) is 25.5. The zero-order chi connectivity index (χ0) is 7.52. The molecule has 1 saturated heterocycles. The molecule has 1 aliphatic carbocycles. The van der Waals surface area contributed by atoms with Crippen molar-refractivity contribution in [3.8, 4) is 0 Å². The highest BCUT2D eigenvalue weighted by atomic mass is 16.7. The summed E-state index contributed by atoms with van der Waals surface area (Å²) in [4.78, 5) is 5.46. The van der Waals surface area contributed by atoms with E-state index in [9.17, 15) is 0 Å². The molecule has 0 saturated carbocycles. The van der Waals surface area contributed by atoms with E-state index < -0.39 is 0 Å². The van der Waals surface area contributed by atoms with Crippen LogP contribution in [-0.2, 0) is 4.84 Å². The fraction of sp³-hybridized carbons (Fsp3) is 0.778. The molecule has 11 heavy (non-hydrogen) atoms. The van der Waals surface area contributed by atoms with Crippen LogP contribution < -0.4 is 0 Å². The molecule has 2 heteroatoms. The summed E-state index contributed by atoms with van der Waals surface area (Å²) in [5.41, 5.74) is 1.42. The molecule has 2 nitrogen and oxygen atoms in total. The SMILES string of the molecule is C1=C(N2CCCO2)CCCC1. The Morgan fingerprint density at radius 3 is 2.91 bits per heavy atom. The van der Waals surface area contributed by atoms with Gasteiger partial charge in [-0.05, 0) is 32.1 Å². The Kier molecular flexibility index (Phi) is 2.13. The maximum atomic E-state index is 5.46. The van der Waals surface area contributed by atoms with Gasteiger partial charge in [0.1, 0.15) is 0 Å². The lowest BCUT2D eigenvalue weighted by Gasteiger charge is -2.22. The highest BCUT2D eigenvalue weighted by molar-refractivity contribution is 5.02. The lowest BCUT2D eigenvalue weighted by Crippen LogP contribution is -2.18. The third kappa shape index (κ3) is 1.56. The van der Waals surface area contributed by atoms with Crippen LogP contribution in [0.2, 0.25) is 0 Å². The quantitative estimate of drug-likeness (QED) is 0.572. The summed E-state index contributed by atoms with van der Waals surface area (Å²) in [5, 5.41) is 2.08. The van der Waals surface area contributed by atoms with E-state index in [2.05, 4.69) is 11.1 Å². The van der Waals surface area contributed by atoms with Crippen molar-refractivity contribution in [1.82, 2.24) is 5.06 Å². The summed E-state index contributed by atoms with van der Waals surface area (Å²) in [7, 11) is 0. The van der Waals surface area contributed by atoms with Crippen molar-refractivity contribution < 1.29 is 4.84 Å². The van der Waals surface area contributed by atoms with Crippen LogP contribution in [0, 0.1) is 0 Å². The highest BCUT2D eigenvalue weighted by Crippen LogP contribution is 2.23. The maximum absolute atomic E-state index is 5.46. The summed E-state index contributed by atoms with van der Waals surface area (Å²) in [5.74, 6) is 0. The van der Waals surface area contributed by atoms with E-state index in [4.69, 9.17) is 4.84 Å². The van der Waals surface area contributed by atoms with Crippen molar-refractivity contribution in [2.75, 3.05) is 13.2 Å². The third-order valence-electron chi connectivity index (χ3n) is 2.34. The van der Waals surface area contributed by atoms with Crippen molar-refractivity contribution in [1.29, 1.82) is 0 Å². The molecular weight excluding hydrogens is 138 g/mol. The molecule has 1 aliphatic heterocycles. The van der Waals surface area contributed by atoms with Crippen molar-refractivity contribution >= 4 is 0 Å². The smallest absolute Gasteiger partial charge is 0.0766 e. The summed E-state index contributed by atoms with van der Waals surface area (Å²) in [6.45, 7) is 2.02. The van der Waals surface area contributed by atoms with Gasteiger partial charge in [-0.15, -0.1) is 0 Å². The zero-order valence-corrected chi connectivity index (χ0v) is 6.88. The van der Waals surface area contributed by atoms with E-state index in [-0.39, 0.29) is 0 Å². The van der Waals surface area contributed by atoms with Gasteiger partial charge >= 0.3 is 0 Å². The summed E-state index contributed by atoms with van der Waals surface area (Å²) in [6, 6.07) is 0. The molecule has 0 spiro atoms. The predicted molar refractivity (Wildman–Crippen MR) is 43.8 cm³/mol. The molecule has 62 valence electrons. The topological polar surface area (TPSA) is 12.5 Å². The van der Waals surface area contributed by atoms with Gasteiger partial charge in [-0.1, -0.05) is 6.08 Å². The maximum Gasteiger partial charge on any atom is 0.0766 e. The van der Waals surface area contributed by atoms with Crippen LogP contribution in [0.3, 0.4) is 0 Å². The predicted octanol–water partition coefficient (Wildman–Crippen LogP) is 2.08. The molecule has 0 radical (unpaired) electrons. The average molecular weight is 153 g/mol. The van der Waals surface area contributed by atoms with Crippen LogP contribution in [0.5, 0.6) is 0 Å². The minimum absolute atomic E-state index is 0.914. The number of hydroxylamine groups is 2. The van der Waals surface area contributed by atoms with Gasteiger partial charge in [0.2, 0.25) is 0 Å². The Hall–Kier alpha value is -0.500. The van der Waals surface area contributed by atoms with Gasteiger partial charge in [-0.3, -0.25) is 9.90 Å². The molecule has 1 heterocycles. The first-order valence-corrected chi connectivity index (χ1v) is 4.56. The number of hydrogen-bond donors (Lipinski definition) is 0. The van der Waals surface area contributed by atoms with E-state index in [1.165, 1.54) is 37.8 Å². The van der Waals surface area contributed by atoms with Gasteiger partial charge in [-0.25, -0.2) is 0 Å². The molecule has 2 rings (SSSR count). The van der Waals surface area contributed by atoms with Crippen molar-refractivity contribution in [2.24, 2.45) is 0 Å². The molecular formula is C9H15NO. The van der Waals surface area contributed by atoms with Crippen LogP contribution in [0.25, 0.3) is 0 Å². The van der Waals surface area contributed by atoms with Gasteiger partial charge in [0.15, 0.2) is 0 Å². The Morgan fingerprint density at radius 2 is 2.27 bits per heavy atom. The zero-order valence-electron chi connectivity index (χ0n) is 6.88. The molecule has 1 fully saturated rings. The number of nitrogens with zero attached hydrogens (tertiary/aromatic N) is 1. The van der Waals surface area contributed by atoms with Gasteiger partial charge in [0, 0.05) is 12.2 Å². The van der Waals surface area contributed by atoms with E-state index >= 15 is 0 Å². The number of rotatable bonds is 1. The Balaban J connectivity index is 1.96. The summed E-state index contributed by atoms with van der Waals surface area (Å²) < 4.78 is 0. The van der Waals surface area contributed by atoms with Gasteiger partial charge < -0.3 is 0 Å². The molecule has 0 bridgehead atoms. The Labute approximate surface area is 67.8 Å². The molecule has 0 aromatic rings. The van der Waals surface area contributed by atoms with Crippen molar-refractivity contribution in [2.45, 2.75) is 32.1 Å². The lowest BCUT2D eigenvalue weighted by atomic mass is 10.0. The van der Waals surface area contributed by atoms with E-state index in [0.29, 0.717) is 0 Å². The van der Waals surface area contributed by atoms with E-state index in [1.807, 2.05) is 0 Å². The highest BCUT2D eigenvalue weighted by Gasteiger charge is 2.16. The minimum atomic E-state index is 0.914. The second kappa shape index (κ2) is 3.26. The molecule has 0 aromatic heterocycles. The Bertz CT molecular complexity index is 159. The molecule has 0 atom stereocenters. The largest absolute Gasteiger partial charge is 0.274 e. The van der Waals surface area contributed by atoms with E-state index in [0.717, 1.165) is 13.2 Å². The van der Waals surface area contributed by atoms with Gasteiger partial charge in [-0.2, -0.15) is 0 Å². The van der Waals surface area contributed by atoms with Crippen LogP contribution in [0.4, 0.5) is 0 Å². The molecule has 0 unspecified atom stereocenters. The van der Waals surface area contributed by atoms with Crippen molar-refractivity contribution in [3.05, 3.63) is 11.8 Å². The van der Waals surface area contributed by atoms with Crippen LogP contribution >= 0.6 is 0 Å². The van der Waals surface area contributed by atoms with Gasteiger partial charge in [0.05, 0.1) is 6.61 Å². The van der Waals surface area contributed by atoms with E-state index in [1.54, 1.807) is 0 Å². The standard InChI is InChI=1S/C9H15NO/c1-2-5-9(6-3-1)10-7-4-8-11-10/h5H,1-4,6-8H2. The summed E-state index contributed by atoms with van der Waals surface area (Å²) >= 11 is 0. The average Bonchev–Trinajstić information content (AvgIpc) is 2.58. The molecule has 0 N–H and O–H groups in total. The fourth-order valence-electron chi connectivity index (χ4n) is 1.72. The van der Waals surface area contributed by atoms with Crippen LogP contribution in [0.1, 0.15) is 32.1 Å². The van der Waals surface area contributed by atoms with Gasteiger partial charge in [0.25, 0.3) is 0 Å². The molecule has 0 amide bonds. The third-order valence-corrected chi connectivity index (χ3v) is 2.34. The second-order valence-corrected chi connectivity index (χ2v) is 3.23. The Morgan fingerprint density at radius 1 is 1.27 bits per heavy atom. The van der Waals surface area contributed by atoms with Crippen molar-refractivity contribution in [3.63, 3.8) is 0 Å². The minimum Gasteiger partial charge on any atom is -0.274 e. The first-order chi connectivity index (χ1) is 5.47. The van der Waals surface area contributed by atoms with Crippen LogP contribution in [0.15, 0.2) is 11.8 Å². The molecule has 2 aliphatic rings.